The number of halogens is 2. The third-order valence-electron chi connectivity index (χ3n) is 8.10. The van der Waals surface area contributed by atoms with Crippen LogP contribution in [0.15, 0.2) is 91.0 Å². The molecule has 252 valence electrons. The van der Waals surface area contributed by atoms with Crippen LogP contribution in [0.2, 0.25) is 16.6 Å². The van der Waals surface area contributed by atoms with Gasteiger partial charge in [-0.25, -0.2) is 0 Å². The summed E-state index contributed by atoms with van der Waals surface area (Å²) >= 11 is 5.07. The second-order valence-corrected chi connectivity index (χ2v) is 36.8. The van der Waals surface area contributed by atoms with Crippen LogP contribution < -0.4 is 0 Å². The van der Waals surface area contributed by atoms with Gasteiger partial charge >= 0.3 is 54.0 Å². The van der Waals surface area contributed by atoms with Crippen LogP contribution in [0.1, 0.15) is 58.2 Å². The summed E-state index contributed by atoms with van der Waals surface area (Å²) in [5.41, 5.74) is 3.55. The van der Waals surface area contributed by atoms with Crippen molar-refractivity contribution in [2.75, 3.05) is 0 Å². The molecular weight excluding hydrogens is 961 g/mol. The Hall–Kier alpha value is 0.145. The van der Waals surface area contributed by atoms with E-state index in [0.717, 1.165) is 23.0 Å². The molecule has 0 saturated heterocycles. The maximum atomic E-state index is 13.0. The fourth-order valence-corrected chi connectivity index (χ4v) is 11.5. The van der Waals surface area contributed by atoms with Gasteiger partial charge in [0.15, 0.2) is 6.61 Å². The normalized spacial score (nSPS) is 14.4. The summed E-state index contributed by atoms with van der Waals surface area (Å²) in [4.78, 5) is 13.0. The number of ether oxygens (including phenoxy) is 3. The summed E-state index contributed by atoms with van der Waals surface area (Å²) in [5, 5.41) is 10.4. The molecule has 0 unspecified atom stereocenters. The molecular formula is C36H48I2O6SiSm. The number of hydrogen-bond acceptors (Lipinski definition) is 6. The van der Waals surface area contributed by atoms with Crippen LogP contribution in [0, 0.1) is 32.1 Å². The predicted molar refractivity (Wildman–Crippen MR) is 200 cm³/mol. The molecule has 0 aliphatic rings. The van der Waals surface area contributed by atoms with E-state index in [2.05, 4.69) is 76.7 Å². The van der Waals surface area contributed by atoms with Crippen molar-refractivity contribution >= 4 is 43.2 Å². The molecule has 0 spiro atoms. The van der Waals surface area contributed by atoms with Crippen molar-refractivity contribution in [1.29, 1.82) is 0 Å². The number of rotatable bonds is 19. The van der Waals surface area contributed by atoms with E-state index in [1.807, 2.05) is 91.0 Å². The molecule has 0 aliphatic heterocycles. The minimum absolute atomic E-state index is 0.190. The number of benzene rings is 3. The van der Waals surface area contributed by atoms with Crippen LogP contribution in [0.4, 0.5) is 0 Å². The van der Waals surface area contributed by atoms with E-state index < -0.39 is 32.7 Å². The quantitative estimate of drug-likeness (QED) is 0.0733. The Balaban J connectivity index is 0.00000236. The molecule has 2 radical (unpaired) electrons. The first-order chi connectivity index (χ1) is 22.1. The van der Waals surface area contributed by atoms with Crippen molar-refractivity contribution in [3.63, 3.8) is 0 Å². The molecule has 0 saturated carbocycles. The van der Waals surface area contributed by atoms with Gasteiger partial charge in [-0.1, -0.05) is 133 Å². The molecule has 0 amide bonds. The van der Waals surface area contributed by atoms with Crippen molar-refractivity contribution in [3.05, 3.63) is 114 Å². The van der Waals surface area contributed by atoms with Crippen LogP contribution in [0.3, 0.4) is 0 Å². The fraction of sp³-hybridized carbons (Fsp3) is 0.444. The van der Waals surface area contributed by atoms with Gasteiger partial charge in [0.1, 0.15) is 30.7 Å². The zero-order valence-electron chi connectivity index (χ0n) is 27.6. The summed E-state index contributed by atoms with van der Waals surface area (Å²) in [6.07, 6.45) is -2.96. The average Bonchev–Trinajstić information content (AvgIpc) is 3.06. The van der Waals surface area contributed by atoms with Crippen LogP contribution in [0.5, 0.6) is 0 Å². The second kappa shape index (κ2) is 23.5. The van der Waals surface area contributed by atoms with E-state index in [9.17, 15) is 9.90 Å². The first-order valence-electron chi connectivity index (χ1n) is 15.5. The third kappa shape index (κ3) is 13.5. The first kappa shape index (κ1) is 42.3. The number of carbonyl (C=O) groups is 1. The van der Waals surface area contributed by atoms with Gasteiger partial charge in [-0.05, 0) is 33.3 Å². The number of aliphatic hydroxyl groups excluding tert-OH is 1. The SMILES string of the molecule is CC(C)[Si](O[C@@H](C=O)[C@@H](OCc1ccccc1)[C@H](OCc1ccccc1)[C@H]([C]O)OCc1ccccc1)(C(C)C)C(C)C.[I][Sm][I]. The summed E-state index contributed by atoms with van der Waals surface area (Å²) in [6.45, 7) is 16.0. The van der Waals surface area contributed by atoms with Crippen molar-refractivity contribution in [2.24, 2.45) is 0 Å². The van der Waals surface area contributed by atoms with Crippen LogP contribution in [-0.4, -0.2) is 44.1 Å². The molecule has 0 aromatic heterocycles. The molecule has 3 aromatic rings. The molecule has 10 heteroatoms. The van der Waals surface area contributed by atoms with Gasteiger partial charge in [-0.3, -0.25) is 0 Å². The Morgan fingerprint density at radius 1 is 0.674 bits per heavy atom. The van der Waals surface area contributed by atoms with E-state index in [0.29, 0.717) is 0 Å². The Morgan fingerprint density at radius 2 is 1.02 bits per heavy atom. The second-order valence-electron chi connectivity index (χ2n) is 12.0. The molecule has 0 bridgehead atoms. The van der Waals surface area contributed by atoms with E-state index in [1.54, 1.807) is 0 Å². The van der Waals surface area contributed by atoms with Crippen molar-refractivity contribution < 1.29 is 54.0 Å². The number of aldehydes is 1. The fourth-order valence-electron chi connectivity index (χ4n) is 6.05. The molecule has 0 aliphatic carbocycles. The van der Waals surface area contributed by atoms with Gasteiger partial charge in [-0.2, -0.15) is 0 Å². The maximum absolute atomic E-state index is 13.0. The zero-order chi connectivity index (χ0) is 34.0. The van der Waals surface area contributed by atoms with Crippen molar-refractivity contribution in [2.45, 2.75) is 102 Å². The number of carbonyl (C=O) groups excluding carboxylic acids is 1. The van der Waals surface area contributed by atoms with Crippen molar-refractivity contribution in [3.8, 4) is 0 Å². The standard InChI is InChI=1S/C36H48O6Si.2HI.Sm/c1-27(2)43(28(3)4,29(5)6)42-34(23-38)36(41-26-32-20-14-9-15-21-32)35(40-25-31-18-12-8-13-19-31)33(22-37)39-24-30-16-10-7-11-17-30;;;/h7-21,23,27-29,33-37H,24-26H2,1-6H3;2*1H;/q;;;+2/p-2/t33-,34-,35+,36+;;;/m0.../s1. The molecule has 0 heterocycles. The molecule has 1 N–H and O–H groups in total. The van der Waals surface area contributed by atoms with E-state index >= 15 is 0 Å². The summed E-state index contributed by atoms with van der Waals surface area (Å²) < 4.78 is 26.3. The molecule has 0 fully saturated rings. The van der Waals surface area contributed by atoms with Gasteiger partial charge in [0, 0.05) is 0 Å². The van der Waals surface area contributed by atoms with Crippen LogP contribution in [-0.2, 0) is 43.3 Å². The monoisotopic (exact) mass is 1010 g/mol. The zero-order valence-corrected chi connectivity index (χ0v) is 35.5. The molecule has 3 aromatic carbocycles. The first-order valence-corrected chi connectivity index (χ1v) is 32.7. The van der Waals surface area contributed by atoms with Gasteiger partial charge in [0.25, 0.3) is 0 Å². The van der Waals surface area contributed by atoms with Crippen LogP contribution in [0.25, 0.3) is 0 Å². The van der Waals surface area contributed by atoms with E-state index in [4.69, 9.17) is 18.6 Å². The van der Waals surface area contributed by atoms with Gasteiger partial charge < -0.3 is 28.5 Å². The predicted octanol–water partition coefficient (Wildman–Crippen LogP) is 9.68. The molecule has 6 nitrogen and oxygen atoms in total. The van der Waals surface area contributed by atoms with Crippen LogP contribution >= 0.6 is 28.6 Å². The Morgan fingerprint density at radius 3 is 1.35 bits per heavy atom. The Kier molecular flexibility index (Phi) is 21.6. The molecule has 46 heavy (non-hydrogen) atoms. The number of aliphatic hydroxyl groups is 1. The van der Waals surface area contributed by atoms with E-state index in [-0.39, 0.29) is 61.9 Å². The summed E-state index contributed by atoms with van der Waals surface area (Å²) in [7, 11) is -2.52. The number of hydrogen-bond donors (Lipinski definition) is 1. The van der Waals surface area contributed by atoms with Gasteiger partial charge in [0.2, 0.25) is 8.32 Å². The van der Waals surface area contributed by atoms with Gasteiger partial charge in [-0.15, -0.1) is 0 Å². The topological polar surface area (TPSA) is 74.2 Å². The molecule has 4 atom stereocenters. The average molecular weight is 1010 g/mol. The Bertz CT molecular complexity index is 1190. The third-order valence-corrected chi connectivity index (χ3v) is 14.2. The van der Waals surface area contributed by atoms with Crippen molar-refractivity contribution in [1.82, 2.24) is 0 Å². The summed E-state index contributed by atoms with van der Waals surface area (Å²) in [6, 6.07) is 29.2. The summed E-state index contributed by atoms with van der Waals surface area (Å²) in [5.74, 6) is 0. The van der Waals surface area contributed by atoms with E-state index in [1.165, 1.54) is 0 Å². The minimum atomic E-state index is -2.52. The molecule has 3 rings (SSSR count). The van der Waals surface area contributed by atoms with Gasteiger partial charge in [0.05, 0.1) is 19.8 Å². The Labute approximate surface area is 310 Å².